The number of halogens is 3. The van der Waals surface area contributed by atoms with Crippen molar-refractivity contribution in [2.75, 3.05) is 5.73 Å². The van der Waals surface area contributed by atoms with Gasteiger partial charge in [0, 0.05) is 6.54 Å². The minimum absolute atomic E-state index is 0.175. The minimum Gasteiger partial charge on any atom is -0.382 e. The largest absolute Gasteiger partial charge is 0.433 e. The number of nitrogens with one attached hydrogen (secondary N) is 1. The number of nitrogens with zero attached hydrogens (tertiary/aromatic N) is 2. The van der Waals surface area contributed by atoms with E-state index in [1.165, 1.54) is 11.0 Å². The van der Waals surface area contributed by atoms with Gasteiger partial charge in [-0.05, 0) is 24.8 Å². The summed E-state index contributed by atoms with van der Waals surface area (Å²) >= 11 is 0. The molecule has 3 rings (SSSR count). The van der Waals surface area contributed by atoms with Gasteiger partial charge < -0.3 is 10.7 Å². The third kappa shape index (κ3) is 2.69. The molecule has 2 aromatic rings. The molecule has 1 aliphatic carbocycles. The monoisotopic (exact) mass is 314 g/mol. The van der Waals surface area contributed by atoms with Crippen LogP contribution in [0, 0.1) is 5.92 Å². The van der Waals surface area contributed by atoms with E-state index in [-0.39, 0.29) is 16.9 Å². The van der Waals surface area contributed by atoms with E-state index in [9.17, 15) is 18.0 Å². The molecule has 0 amide bonds. The van der Waals surface area contributed by atoms with Gasteiger partial charge in [0.15, 0.2) is 0 Å². The Morgan fingerprint density at radius 2 is 2.00 bits per heavy atom. The van der Waals surface area contributed by atoms with Gasteiger partial charge in [-0.2, -0.15) is 13.2 Å². The number of aromatic amines is 1. The van der Waals surface area contributed by atoms with Crippen molar-refractivity contribution >= 4 is 16.9 Å². The Kier molecular flexibility index (Phi) is 3.62. The molecule has 1 fully saturated rings. The summed E-state index contributed by atoms with van der Waals surface area (Å²) in [6.45, 7) is 0.416. The van der Waals surface area contributed by atoms with Crippen molar-refractivity contribution < 1.29 is 13.2 Å². The summed E-state index contributed by atoms with van der Waals surface area (Å²) in [6, 6.07) is 0.895. The highest BCUT2D eigenvalue weighted by atomic mass is 19.4. The highest BCUT2D eigenvalue weighted by Crippen LogP contribution is 2.32. The molecule has 0 radical (unpaired) electrons. The maximum Gasteiger partial charge on any atom is 0.433 e. The van der Waals surface area contributed by atoms with Crippen molar-refractivity contribution in [3.05, 3.63) is 22.2 Å². The number of aromatic nitrogens is 3. The number of hydrogen-bond acceptors (Lipinski definition) is 3. The molecule has 0 aromatic carbocycles. The number of H-pyrrole nitrogens is 1. The van der Waals surface area contributed by atoms with E-state index in [0.717, 1.165) is 31.7 Å². The first-order chi connectivity index (χ1) is 10.4. The summed E-state index contributed by atoms with van der Waals surface area (Å²) in [5.41, 5.74) is 4.41. The van der Waals surface area contributed by atoms with Crippen LogP contribution in [-0.2, 0) is 12.7 Å². The second-order valence-electron chi connectivity index (χ2n) is 5.83. The number of pyridine rings is 1. The molecule has 0 aliphatic heterocycles. The molecule has 120 valence electrons. The SMILES string of the molecule is Nc1nc(C(F)(F)F)cc2c1[nH]c(=O)n2CC1CCCCC1. The Morgan fingerprint density at radius 1 is 1.32 bits per heavy atom. The van der Waals surface area contributed by atoms with Gasteiger partial charge in [-0.3, -0.25) is 4.57 Å². The van der Waals surface area contributed by atoms with E-state index in [1.807, 2.05) is 0 Å². The standard InChI is InChI=1S/C14H17F3N4O/c15-14(16,17)10-6-9-11(12(18)19-10)20-13(22)21(9)7-8-4-2-1-3-5-8/h6,8H,1-5,7H2,(H2,18,19)(H,20,22). The van der Waals surface area contributed by atoms with E-state index in [2.05, 4.69) is 9.97 Å². The van der Waals surface area contributed by atoms with Gasteiger partial charge in [-0.1, -0.05) is 19.3 Å². The zero-order chi connectivity index (χ0) is 15.9. The van der Waals surface area contributed by atoms with Crippen LogP contribution >= 0.6 is 0 Å². The average molecular weight is 314 g/mol. The molecular weight excluding hydrogens is 297 g/mol. The van der Waals surface area contributed by atoms with Gasteiger partial charge >= 0.3 is 11.9 Å². The van der Waals surface area contributed by atoms with Crippen LogP contribution in [0.25, 0.3) is 11.0 Å². The average Bonchev–Trinajstić information content (AvgIpc) is 2.77. The van der Waals surface area contributed by atoms with E-state index in [0.29, 0.717) is 12.5 Å². The van der Waals surface area contributed by atoms with Gasteiger partial charge in [0.2, 0.25) is 0 Å². The highest BCUT2D eigenvalue weighted by molar-refractivity contribution is 5.85. The minimum atomic E-state index is -4.59. The van der Waals surface area contributed by atoms with Crippen LogP contribution in [0.1, 0.15) is 37.8 Å². The van der Waals surface area contributed by atoms with Crippen molar-refractivity contribution in [1.82, 2.24) is 14.5 Å². The number of anilines is 1. The predicted molar refractivity (Wildman–Crippen MR) is 76.3 cm³/mol. The number of imidazole rings is 1. The Balaban J connectivity index is 2.07. The molecular formula is C14H17F3N4O. The summed E-state index contributed by atoms with van der Waals surface area (Å²) in [5, 5.41) is 0. The third-order valence-corrected chi connectivity index (χ3v) is 4.25. The molecule has 2 aromatic heterocycles. The number of fused-ring (bicyclic) bond motifs is 1. The molecule has 2 heterocycles. The highest BCUT2D eigenvalue weighted by Gasteiger charge is 2.34. The van der Waals surface area contributed by atoms with Crippen LogP contribution in [0.15, 0.2) is 10.9 Å². The first-order valence-corrected chi connectivity index (χ1v) is 7.32. The molecule has 0 atom stereocenters. The third-order valence-electron chi connectivity index (χ3n) is 4.25. The van der Waals surface area contributed by atoms with Gasteiger partial charge in [0.1, 0.15) is 17.0 Å². The van der Waals surface area contributed by atoms with Crippen molar-refractivity contribution in [1.29, 1.82) is 0 Å². The van der Waals surface area contributed by atoms with Gasteiger partial charge in [-0.15, -0.1) is 0 Å². The second kappa shape index (κ2) is 5.33. The van der Waals surface area contributed by atoms with Crippen LogP contribution in [0.2, 0.25) is 0 Å². The number of hydrogen-bond donors (Lipinski definition) is 2. The lowest BCUT2D eigenvalue weighted by molar-refractivity contribution is -0.141. The smallest absolute Gasteiger partial charge is 0.382 e. The molecule has 5 nitrogen and oxygen atoms in total. The van der Waals surface area contributed by atoms with Crippen molar-refractivity contribution in [3.63, 3.8) is 0 Å². The second-order valence-corrected chi connectivity index (χ2v) is 5.83. The maximum atomic E-state index is 12.9. The first kappa shape index (κ1) is 14.9. The lowest BCUT2D eigenvalue weighted by Gasteiger charge is -2.21. The van der Waals surface area contributed by atoms with E-state index in [1.54, 1.807) is 0 Å². The summed E-state index contributed by atoms with van der Waals surface area (Å²) in [6.07, 6.45) is 0.760. The Bertz CT molecular complexity index is 741. The number of nitrogens with two attached hydrogens (primary N) is 1. The number of nitrogen functional groups attached to an aromatic ring is 1. The Hall–Kier alpha value is -1.99. The number of rotatable bonds is 2. The summed E-state index contributed by atoms with van der Waals surface area (Å²) in [4.78, 5) is 17.9. The van der Waals surface area contributed by atoms with Gasteiger partial charge in [0.25, 0.3) is 0 Å². The summed E-state index contributed by atoms with van der Waals surface area (Å²) < 4.78 is 40.0. The molecule has 0 bridgehead atoms. The van der Waals surface area contributed by atoms with Crippen LogP contribution in [0.4, 0.5) is 19.0 Å². The molecule has 22 heavy (non-hydrogen) atoms. The molecule has 8 heteroatoms. The fraction of sp³-hybridized carbons (Fsp3) is 0.571. The van der Waals surface area contributed by atoms with Crippen LogP contribution < -0.4 is 11.4 Å². The van der Waals surface area contributed by atoms with Crippen molar-refractivity contribution in [2.24, 2.45) is 5.92 Å². The molecule has 0 spiro atoms. The molecule has 0 saturated heterocycles. The fourth-order valence-corrected chi connectivity index (χ4v) is 3.13. The summed E-state index contributed by atoms with van der Waals surface area (Å²) in [7, 11) is 0. The van der Waals surface area contributed by atoms with Crippen molar-refractivity contribution in [3.8, 4) is 0 Å². The number of alkyl halides is 3. The lowest BCUT2D eigenvalue weighted by atomic mass is 9.89. The fourth-order valence-electron chi connectivity index (χ4n) is 3.13. The van der Waals surface area contributed by atoms with Crippen LogP contribution in [0.3, 0.4) is 0 Å². The van der Waals surface area contributed by atoms with Crippen molar-refractivity contribution in [2.45, 2.75) is 44.8 Å². The van der Waals surface area contributed by atoms with E-state index in [4.69, 9.17) is 5.73 Å². The zero-order valence-corrected chi connectivity index (χ0v) is 11.9. The molecule has 0 unspecified atom stereocenters. The maximum absolute atomic E-state index is 12.9. The van der Waals surface area contributed by atoms with E-state index >= 15 is 0 Å². The Labute approximate surface area is 124 Å². The quantitative estimate of drug-likeness (QED) is 0.895. The summed E-state index contributed by atoms with van der Waals surface area (Å²) in [5.74, 6) is 0.0125. The zero-order valence-electron chi connectivity index (χ0n) is 11.9. The molecule has 3 N–H and O–H groups in total. The first-order valence-electron chi connectivity index (χ1n) is 7.32. The van der Waals surface area contributed by atoms with Gasteiger partial charge in [-0.25, -0.2) is 9.78 Å². The lowest BCUT2D eigenvalue weighted by Crippen LogP contribution is -2.23. The van der Waals surface area contributed by atoms with Gasteiger partial charge in [0.05, 0.1) is 5.52 Å². The Morgan fingerprint density at radius 3 is 2.64 bits per heavy atom. The molecule has 1 saturated carbocycles. The molecule has 1 aliphatic rings. The van der Waals surface area contributed by atoms with Crippen LogP contribution in [-0.4, -0.2) is 14.5 Å². The van der Waals surface area contributed by atoms with Crippen LogP contribution in [0.5, 0.6) is 0 Å². The normalized spacial score (nSPS) is 17.2. The topological polar surface area (TPSA) is 76.7 Å². The van der Waals surface area contributed by atoms with E-state index < -0.39 is 17.6 Å². The predicted octanol–water partition coefficient (Wildman–Crippen LogP) is 2.91.